The normalized spacial score (nSPS) is 10.6. The Bertz CT molecular complexity index is 607. The fourth-order valence-corrected chi connectivity index (χ4v) is 2.56. The summed E-state index contributed by atoms with van der Waals surface area (Å²) in [7, 11) is 1.89. The molecule has 2 aromatic rings. The number of nitrogens with zero attached hydrogens (tertiary/aromatic N) is 1. The van der Waals surface area contributed by atoms with Gasteiger partial charge in [0.15, 0.2) is 0 Å². The number of para-hydroxylation sites is 1. The van der Waals surface area contributed by atoms with E-state index in [2.05, 4.69) is 26.6 Å². The lowest BCUT2D eigenvalue weighted by molar-refractivity contribution is 0.101. The maximum Gasteiger partial charge on any atom is 0.272 e. The van der Waals surface area contributed by atoms with Gasteiger partial charge >= 0.3 is 0 Å². The second-order valence-electron chi connectivity index (χ2n) is 4.47. The molecule has 1 amide bonds. The Labute approximate surface area is 127 Å². The minimum atomic E-state index is -0.0962. The third-order valence-corrected chi connectivity index (χ3v) is 3.50. The van der Waals surface area contributed by atoms with Gasteiger partial charge in [0.2, 0.25) is 0 Å². The van der Waals surface area contributed by atoms with Crippen molar-refractivity contribution in [2.45, 2.75) is 20.0 Å². The Morgan fingerprint density at radius 1 is 1.35 bits per heavy atom. The van der Waals surface area contributed by atoms with Crippen LogP contribution in [0.25, 0.3) is 0 Å². The number of benzene rings is 1. The molecule has 0 aliphatic rings. The quantitative estimate of drug-likeness (QED) is 0.881. The third kappa shape index (κ3) is 3.29. The maximum absolute atomic E-state index is 12.4. The number of rotatable bonds is 5. The van der Waals surface area contributed by atoms with Gasteiger partial charge in [-0.15, -0.1) is 0 Å². The van der Waals surface area contributed by atoms with Crippen LogP contribution in [-0.2, 0) is 13.1 Å². The number of carbonyl (C=O) groups is 1. The second kappa shape index (κ2) is 6.72. The van der Waals surface area contributed by atoms with E-state index < -0.39 is 0 Å². The van der Waals surface area contributed by atoms with Crippen LogP contribution in [0.4, 0.5) is 5.69 Å². The first-order valence-corrected chi connectivity index (χ1v) is 7.34. The molecule has 0 fully saturated rings. The fraction of sp³-hybridized carbons (Fsp3) is 0.267. The molecule has 0 aliphatic heterocycles. The van der Waals surface area contributed by atoms with E-state index in [0.717, 1.165) is 28.8 Å². The molecule has 0 radical (unpaired) electrons. The highest BCUT2D eigenvalue weighted by atomic mass is 79.9. The van der Waals surface area contributed by atoms with Crippen LogP contribution >= 0.6 is 15.9 Å². The summed E-state index contributed by atoms with van der Waals surface area (Å²) in [4.78, 5) is 12.4. The molecule has 5 heteroatoms. The zero-order valence-corrected chi connectivity index (χ0v) is 13.2. The number of carbonyl (C=O) groups excluding carboxylic acids is 1. The molecular formula is C15H18BrN3O. The van der Waals surface area contributed by atoms with Crippen LogP contribution in [0.3, 0.4) is 0 Å². The van der Waals surface area contributed by atoms with E-state index in [1.165, 1.54) is 0 Å². The van der Waals surface area contributed by atoms with Gasteiger partial charge in [0.25, 0.3) is 5.91 Å². The van der Waals surface area contributed by atoms with E-state index in [1.54, 1.807) is 0 Å². The van der Waals surface area contributed by atoms with E-state index in [4.69, 9.17) is 0 Å². The van der Waals surface area contributed by atoms with Crippen molar-refractivity contribution in [3.8, 4) is 0 Å². The second-order valence-corrected chi connectivity index (χ2v) is 5.39. The highest BCUT2D eigenvalue weighted by Crippen LogP contribution is 2.19. The Kier molecular flexibility index (Phi) is 4.98. The molecule has 0 bridgehead atoms. The molecular weight excluding hydrogens is 318 g/mol. The zero-order valence-electron chi connectivity index (χ0n) is 11.6. The van der Waals surface area contributed by atoms with Gasteiger partial charge in [-0.2, -0.15) is 0 Å². The molecule has 20 heavy (non-hydrogen) atoms. The van der Waals surface area contributed by atoms with Gasteiger partial charge in [0.05, 0.1) is 0 Å². The molecule has 0 aliphatic carbocycles. The topological polar surface area (TPSA) is 46.1 Å². The largest absolute Gasteiger partial charge is 0.343 e. The summed E-state index contributed by atoms with van der Waals surface area (Å²) in [6.45, 7) is 3.49. The highest BCUT2D eigenvalue weighted by Gasteiger charge is 2.13. The Morgan fingerprint density at radius 3 is 2.80 bits per heavy atom. The van der Waals surface area contributed by atoms with E-state index >= 15 is 0 Å². The number of amides is 1. The van der Waals surface area contributed by atoms with E-state index in [1.807, 2.05) is 55.1 Å². The van der Waals surface area contributed by atoms with Crippen molar-refractivity contribution in [2.24, 2.45) is 0 Å². The Hall–Kier alpha value is -1.59. The molecule has 0 unspecified atom stereocenters. The van der Waals surface area contributed by atoms with E-state index in [0.29, 0.717) is 5.69 Å². The standard InChI is InChI=1S/C15H18BrN3O/c1-3-19-10-12(16)8-14(19)15(20)18-13-7-5-4-6-11(13)9-17-2/h4-8,10,17H,3,9H2,1-2H3,(H,18,20). The van der Waals surface area contributed by atoms with E-state index in [-0.39, 0.29) is 5.91 Å². The molecule has 2 N–H and O–H groups in total. The first kappa shape index (κ1) is 14.8. The van der Waals surface area contributed by atoms with Gasteiger partial charge in [-0.3, -0.25) is 4.79 Å². The summed E-state index contributed by atoms with van der Waals surface area (Å²) < 4.78 is 2.83. The lowest BCUT2D eigenvalue weighted by Gasteiger charge is -2.11. The van der Waals surface area contributed by atoms with Crippen molar-refractivity contribution < 1.29 is 4.79 Å². The van der Waals surface area contributed by atoms with Crippen molar-refractivity contribution in [1.29, 1.82) is 0 Å². The molecule has 0 spiro atoms. The number of halogens is 1. The van der Waals surface area contributed by atoms with Crippen molar-refractivity contribution in [1.82, 2.24) is 9.88 Å². The minimum Gasteiger partial charge on any atom is -0.343 e. The zero-order chi connectivity index (χ0) is 14.5. The summed E-state index contributed by atoms with van der Waals surface area (Å²) >= 11 is 3.41. The SMILES string of the molecule is CCn1cc(Br)cc1C(=O)Nc1ccccc1CNC. The molecule has 1 heterocycles. The minimum absolute atomic E-state index is 0.0962. The average molecular weight is 336 g/mol. The van der Waals surface area contributed by atoms with Crippen molar-refractivity contribution in [3.05, 3.63) is 52.3 Å². The van der Waals surface area contributed by atoms with Crippen LogP contribution in [0.1, 0.15) is 23.0 Å². The predicted molar refractivity (Wildman–Crippen MR) is 85.0 cm³/mol. The summed E-state index contributed by atoms with van der Waals surface area (Å²) in [5.41, 5.74) is 2.56. The maximum atomic E-state index is 12.4. The lowest BCUT2D eigenvalue weighted by atomic mass is 10.1. The van der Waals surface area contributed by atoms with Gasteiger partial charge in [-0.25, -0.2) is 0 Å². The molecule has 106 valence electrons. The number of nitrogens with one attached hydrogen (secondary N) is 2. The van der Waals surface area contributed by atoms with Gasteiger partial charge in [0, 0.05) is 29.4 Å². The molecule has 4 nitrogen and oxygen atoms in total. The third-order valence-electron chi connectivity index (χ3n) is 3.07. The van der Waals surface area contributed by atoms with Crippen LogP contribution in [0.15, 0.2) is 41.0 Å². The Morgan fingerprint density at radius 2 is 2.10 bits per heavy atom. The van der Waals surface area contributed by atoms with Crippen LogP contribution in [0, 0.1) is 0 Å². The summed E-state index contributed by atoms with van der Waals surface area (Å²) in [5.74, 6) is -0.0962. The molecule has 0 saturated heterocycles. The fourth-order valence-electron chi connectivity index (χ4n) is 2.10. The smallest absolute Gasteiger partial charge is 0.272 e. The number of anilines is 1. The number of aromatic nitrogens is 1. The van der Waals surface area contributed by atoms with Gasteiger partial charge in [0.1, 0.15) is 5.69 Å². The highest BCUT2D eigenvalue weighted by molar-refractivity contribution is 9.10. The summed E-state index contributed by atoms with van der Waals surface area (Å²) in [6, 6.07) is 9.64. The monoisotopic (exact) mass is 335 g/mol. The van der Waals surface area contributed by atoms with E-state index in [9.17, 15) is 4.79 Å². The van der Waals surface area contributed by atoms with Crippen LogP contribution < -0.4 is 10.6 Å². The first-order chi connectivity index (χ1) is 9.65. The van der Waals surface area contributed by atoms with Crippen molar-refractivity contribution >= 4 is 27.5 Å². The Balaban J connectivity index is 2.23. The van der Waals surface area contributed by atoms with Crippen LogP contribution in [0.2, 0.25) is 0 Å². The van der Waals surface area contributed by atoms with Crippen molar-refractivity contribution in [2.75, 3.05) is 12.4 Å². The first-order valence-electron chi connectivity index (χ1n) is 6.55. The van der Waals surface area contributed by atoms with Gasteiger partial charge in [-0.05, 0) is 47.6 Å². The summed E-state index contributed by atoms with van der Waals surface area (Å²) in [6.07, 6.45) is 1.91. The number of aryl methyl sites for hydroxylation is 1. The van der Waals surface area contributed by atoms with Crippen molar-refractivity contribution in [3.63, 3.8) is 0 Å². The van der Waals surface area contributed by atoms with Gasteiger partial charge < -0.3 is 15.2 Å². The molecule has 1 aromatic heterocycles. The molecule has 1 aromatic carbocycles. The predicted octanol–water partition coefficient (Wildman–Crippen LogP) is 3.24. The lowest BCUT2D eigenvalue weighted by Crippen LogP contribution is -2.18. The molecule has 0 saturated carbocycles. The number of hydrogen-bond donors (Lipinski definition) is 2. The molecule has 2 rings (SSSR count). The van der Waals surface area contributed by atoms with Crippen LogP contribution in [-0.4, -0.2) is 17.5 Å². The van der Waals surface area contributed by atoms with Gasteiger partial charge in [-0.1, -0.05) is 18.2 Å². The summed E-state index contributed by atoms with van der Waals surface area (Å²) in [5, 5.41) is 6.08. The van der Waals surface area contributed by atoms with Crippen LogP contribution in [0.5, 0.6) is 0 Å². The molecule has 0 atom stereocenters. The number of hydrogen-bond acceptors (Lipinski definition) is 2. The average Bonchev–Trinajstić information content (AvgIpc) is 2.82.